The number of hydrogen-bond acceptors (Lipinski definition) is 3. The fraction of sp³-hybridized carbons (Fsp3) is 0.450. The maximum Gasteiger partial charge on any atom is 0.251 e. The van der Waals surface area contributed by atoms with Gasteiger partial charge in [-0.25, -0.2) is 0 Å². The zero-order valence-corrected chi connectivity index (χ0v) is 15.7. The molecule has 138 valence electrons. The standard InChI is InChI=1S/C20H26N4O2/c1-14-6-4-5-7-18(14)20(26)21-17-8-10-23(11-9-17)19(25)13-24-16(3)12-15(2)22-24/h4-7,12,17H,8-11,13H2,1-3H3,(H,21,26). The van der Waals surface area contributed by atoms with Gasteiger partial charge in [-0.3, -0.25) is 14.3 Å². The normalized spacial score (nSPS) is 15.1. The van der Waals surface area contributed by atoms with E-state index >= 15 is 0 Å². The SMILES string of the molecule is Cc1cc(C)n(CC(=O)N2CCC(NC(=O)c3ccccc3C)CC2)n1. The van der Waals surface area contributed by atoms with Gasteiger partial charge in [-0.05, 0) is 51.3 Å². The predicted octanol–water partition coefficient (Wildman–Crippen LogP) is 2.23. The number of carbonyl (C=O) groups is 2. The molecule has 1 N–H and O–H groups in total. The van der Waals surface area contributed by atoms with Crippen LogP contribution in [0.4, 0.5) is 0 Å². The van der Waals surface area contributed by atoms with Gasteiger partial charge in [0.1, 0.15) is 6.54 Å². The van der Waals surface area contributed by atoms with Gasteiger partial charge in [0, 0.05) is 30.4 Å². The van der Waals surface area contributed by atoms with Crippen LogP contribution in [0, 0.1) is 20.8 Å². The molecular formula is C20H26N4O2. The predicted molar refractivity (Wildman–Crippen MR) is 99.9 cm³/mol. The van der Waals surface area contributed by atoms with Gasteiger partial charge in [-0.1, -0.05) is 18.2 Å². The van der Waals surface area contributed by atoms with Gasteiger partial charge in [0.2, 0.25) is 5.91 Å². The Labute approximate surface area is 154 Å². The van der Waals surface area contributed by atoms with Gasteiger partial charge < -0.3 is 10.2 Å². The van der Waals surface area contributed by atoms with Crippen molar-refractivity contribution < 1.29 is 9.59 Å². The third kappa shape index (κ3) is 4.12. The first-order chi connectivity index (χ1) is 12.4. The number of benzene rings is 1. The minimum atomic E-state index is -0.0319. The molecule has 0 unspecified atom stereocenters. The number of aromatic nitrogens is 2. The highest BCUT2D eigenvalue weighted by atomic mass is 16.2. The number of nitrogens with one attached hydrogen (secondary N) is 1. The van der Waals surface area contributed by atoms with Crippen LogP contribution in [0.15, 0.2) is 30.3 Å². The number of amides is 2. The lowest BCUT2D eigenvalue weighted by Crippen LogP contribution is -2.47. The van der Waals surface area contributed by atoms with Crippen LogP contribution in [0.2, 0.25) is 0 Å². The second kappa shape index (κ2) is 7.72. The highest BCUT2D eigenvalue weighted by Gasteiger charge is 2.25. The van der Waals surface area contributed by atoms with Crippen molar-refractivity contribution in [3.05, 3.63) is 52.8 Å². The smallest absolute Gasteiger partial charge is 0.251 e. The number of piperidine rings is 1. The van der Waals surface area contributed by atoms with Crippen LogP contribution < -0.4 is 5.32 Å². The topological polar surface area (TPSA) is 67.2 Å². The highest BCUT2D eigenvalue weighted by Crippen LogP contribution is 2.14. The molecule has 1 aromatic heterocycles. The van der Waals surface area contributed by atoms with Crippen molar-refractivity contribution in [3.63, 3.8) is 0 Å². The van der Waals surface area contributed by atoms with E-state index < -0.39 is 0 Å². The Morgan fingerprint density at radius 3 is 2.46 bits per heavy atom. The summed E-state index contributed by atoms with van der Waals surface area (Å²) < 4.78 is 1.75. The minimum absolute atomic E-state index is 0.0319. The Kier molecular flexibility index (Phi) is 5.40. The lowest BCUT2D eigenvalue weighted by atomic mass is 10.0. The molecule has 1 aliphatic rings. The van der Waals surface area contributed by atoms with Crippen LogP contribution in [0.25, 0.3) is 0 Å². The maximum absolute atomic E-state index is 12.5. The molecule has 1 aliphatic heterocycles. The van der Waals surface area contributed by atoms with Crippen molar-refractivity contribution in [1.29, 1.82) is 0 Å². The molecule has 6 heteroatoms. The van der Waals surface area contributed by atoms with Crippen molar-refractivity contribution in [2.24, 2.45) is 0 Å². The zero-order chi connectivity index (χ0) is 18.7. The average molecular weight is 354 g/mol. The van der Waals surface area contributed by atoms with Crippen LogP contribution in [-0.2, 0) is 11.3 Å². The lowest BCUT2D eigenvalue weighted by Gasteiger charge is -2.32. The quantitative estimate of drug-likeness (QED) is 0.915. The molecule has 1 fully saturated rings. The number of hydrogen-bond donors (Lipinski definition) is 1. The second-order valence-corrected chi connectivity index (χ2v) is 7.03. The van der Waals surface area contributed by atoms with Gasteiger partial charge in [-0.15, -0.1) is 0 Å². The molecule has 0 spiro atoms. The number of carbonyl (C=O) groups excluding carboxylic acids is 2. The van der Waals surface area contributed by atoms with Gasteiger partial charge in [0.25, 0.3) is 5.91 Å². The van der Waals surface area contributed by atoms with Gasteiger partial charge in [0.15, 0.2) is 0 Å². The van der Waals surface area contributed by atoms with Crippen LogP contribution in [-0.4, -0.2) is 45.6 Å². The number of likely N-dealkylation sites (tertiary alicyclic amines) is 1. The zero-order valence-electron chi connectivity index (χ0n) is 15.7. The van der Waals surface area contributed by atoms with E-state index in [1.807, 2.05) is 56.0 Å². The fourth-order valence-electron chi connectivity index (χ4n) is 3.43. The third-order valence-corrected chi connectivity index (χ3v) is 4.96. The van der Waals surface area contributed by atoms with Crippen LogP contribution >= 0.6 is 0 Å². The van der Waals surface area contributed by atoms with Crippen molar-refractivity contribution in [3.8, 4) is 0 Å². The summed E-state index contributed by atoms with van der Waals surface area (Å²) in [6.45, 7) is 7.43. The molecule has 1 aromatic carbocycles. The first kappa shape index (κ1) is 18.2. The molecule has 6 nitrogen and oxygen atoms in total. The van der Waals surface area contributed by atoms with E-state index in [1.165, 1.54) is 0 Å². The number of nitrogens with zero attached hydrogens (tertiary/aromatic N) is 3. The molecule has 0 saturated carbocycles. The van der Waals surface area contributed by atoms with Crippen molar-refractivity contribution >= 4 is 11.8 Å². The van der Waals surface area contributed by atoms with E-state index in [-0.39, 0.29) is 24.4 Å². The van der Waals surface area contributed by atoms with Crippen molar-refractivity contribution in [1.82, 2.24) is 20.0 Å². The summed E-state index contributed by atoms with van der Waals surface area (Å²) in [5.41, 5.74) is 3.61. The molecule has 2 aromatic rings. The molecular weight excluding hydrogens is 328 g/mol. The molecule has 26 heavy (non-hydrogen) atoms. The molecule has 0 atom stereocenters. The summed E-state index contributed by atoms with van der Waals surface area (Å²) in [6.07, 6.45) is 1.56. The Balaban J connectivity index is 1.51. The third-order valence-electron chi connectivity index (χ3n) is 4.96. The number of aryl methyl sites for hydroxylation is 3. The summed E-state index contributed by atoms with van der Waals surface area (Å²) in [4.78, 5) is 26.8. The lowest BCUT2D eigenvalue weighted by molar-refractivity contribution is -0.133. The Bertz CT molecular complexity index is 804. The second-order valence-electron chi connectivity index (χ2n) is 7.03. The number of rotatable bonds is 4. The Hall–Kier alpha value is -2.63. The molecule has 2 amide bonds. The van der Waals surface area contributed by atoms with Crippen LogP contribution in [0.5, 0.6) is 0 Å². The maximum atomic E-state index is 12.5. The van der Waals surface area contributed by atoms with E-state index in [0.29, 0.717) is 13.1 Å². The van der Waals surface area contributed by atoms with E-state index in [0.717, 1.165) is 35.4 Å². The van der Waals surface area contributed by atoms with Gasteiger partial charge in [0.05, 0.1) is 5.69 Å². The molecule has 2 heterocycles. The molecule has 3 rings (SSSR count). The van der Waals surface area contributed by atoms with Crippen molar-refractivity contribution in [2.45, 2.75) is 46.2 Å². The summed E-state index contributed by atoms with van der Waals surface area (Å²) in [5, 5.41) is 7.46. The van der Waals surface area contributed by atoms with E-state index in [9.17, 15) is 9.59 Å². The highest BCUT2D eigenvalue weighted by molar-refractivity contribution is 5.95. The van der Waals surface area contributed by atoms with Crippen LogP contribution in [0.3, 0.4) is 0 Å². The van der Waals surface area contributed by atoms with E-state index in [4.69, 9.17) is 0 Å². The monoisotopic (exact) mass is 354 g/mol. The minimum Gasteiger partial charge on any atom is -0.349 e. The average Bonchev–Trinajstić information content (AvgIpc) is 2.93. The van der Waals surface area contributed by atoms with E-state index in [1.54, 1.807) is 4.68 Å². The fourth-order valence-corrected chi connectivity index (χ4v) is 3.43. The molecule has 0 aliphatic carbocycles. The van der Waals surface area contributed by atoms with Crippen LogP contribution in [0.1, 0.15) is 40.2 Å². The Morgan fingerprint density at radius 1 is 1.15 bits per heavy atom. The van der Waals surface area contributed by atoms with Gasteiger partial charge in [-0.2, -0.15) is 5.10 Å². The van der Waals surface area contributed by atoms with E-state index in [2.05, 4.69) is 10.4 Å². The molecule has 0 bridgehead atoms. The Morgan fingerprint density at radius 2 is 1.85 bits per heavy atom. The summed E-state index contributed by atoms with van der Waals surface area (Å²) >= 11 is 0. The first-order valence-corrected chi connectivity index (χ1v) is 9.09. The summed E-state index contributed by atoms with van der Waals surface area (Å²) in [7, 11) is 0. The summed E-state index contributed by atoms with van der Waals surface area (Å²) in [5.74, 6) is 0.0513. The molecule has 1 saturated heterocycles. The first-order valence-electron chi connectivity index (χ1n) is 9.09. The van der Waals surface area contributed by atoms with Crippen molar-refractivity contribution in [2.75, 3.05) is 13.1 Å². The van der Waals surface area contributed by atoms with Gasteiger partial charge >= 0.3 is 0 Å². The largest absolute Gasteiger partial charge is 0.349 e. The molecule has 0 radical (unpaired) electrons. The summed E-state index contributed by atoms with van der Waals surface area (Å²) in [6, 6.07) is 9.68.